The molecule has 1 aromatic heterocycles. The van der Waals surface area contributed by atoms with E-state index < -0.39 is 5.97 Å². The number of morpholine rings is 1. The van der Waals surface area contributed by atoms with Gasteiger partial charge in [-0.05, 0) is 29.8 Å². The molecule has 1 fully saturated rings. The van der Waals surface area contributed by atoms with E-state index in [0.717, 1.165) is 16.9 Å². The Morgan fingerprint density at radius 2 is 1.87 bits per heavy atom. The zero-order valence-corrected chi connectivity index (χ0v) is 12.9. The smallest absolute Gasteiger partial charge is 0.345 e. The summed E-state index contributed by atoms with van der Waals surface area (Å²) in [5.74, 6) is -1.57. The van der Waals surface area contributed by atoms with E-state index in [-0.39, 0.29) is 22.7 Å². The van der Waals surface area contributed by atoms with Crippen molar-refractivity contribution in [3.05, 3.63) is 57.5 Å². The van der Waals surface area contributed by atoms with Crippen molar-refractivity contribution in [3.8, 4) is 0 Å². The van der Waals surface area contributed by atoms with Gasteiger partial charge in [-0.25, -0.2) is 9.18 Å². The van der Waals surface area contributed by atoms with E-state index in [2.05, 4.69) is 0 Å². The van der Waals surface area contributed by atoms with Gasteiger partial charge in [0, 0.05) is 6.54 Å². The number of hydrogen-bond acceptors (Lipinski definition) is 4. The van der Waals surface area contributed by atoms with Crippen LogP contribution in [0, 0.1) is 5.82 Å². The third kappa shape index (κ3) is 3.40. The highest BCUT2D eigenvalue weighted by atomic mass is 32.1. The second kappa shape index (κ2) is 6.47. The van der Waals surface area contributed by atoms with Crippen molar-refractivity contribution in [2.45, 2.75) is 6.10 Å². The van der Waals surface area contributed by atoms with Crippen LogP contribution in [0.15, 0.2) is 36.4 Å². The number of carboxylic acids is 1. The molecule has 0 saturated carbocycles. The number of carboxylic acid groups (broad SMARTS) is 1. The molecule has 2 aromatic rings. The van der Waals surface area contributed by atoms with Crippen molar-refractivity contribution in [1.82, 2.24) is 4.90 Å². The maximum absolute atomic E-state index is 13.0. The molecule has 7 heteroatoms. The second-order valence-electron chi connectivity index (χ2n) is 5.13. The number of hydrogen-bond donors (Lipinski definition) is 1. The minimum atomic E-state index is -1.04. The lowest BCUT2D eigenvalue weighted by molar-refractivity contribution is -0.0226. The number of carbonyl (C=O) groups excluding carboxylic acids is 1. The lowest BCUT2D eigenvalue weighted by atomic mass is 10.1. The fraction of sp³-hybridized carbons (Fsp3) is 0.250. The molecule has 2 heterocycles. The van der Waals surface area contributed by atoms with Gasteiger partial charge < -0.3 is 14.7 Å². The third-order valence-electron chi connectivity index (χ3n) is 3.62. The standard InChI is InChI=1S/C16H14FNO4S/c17-11-3-1-10(2-4-11)12-9-18(7-8-22-12)15(19)13-5-6-14(23-13)16(20)21/h1-6,12H,7-9H2,(H,20,21)/t12-/m0/s1. The van der Waals surface area contributed by atoms with Gasteiger partial charge in [0.15, 0.2) is 0 Å². The summed E-state index contributed by atoms with van der Waals surface area (Å²) in [6.45, 7) is 1.17. The number of aromatic carboxylic acids is 1. The summed E-state index contributed by atoms with van der Waals surface area (Å²) in [7, 11) is 0. The van der Waals surface area contributed by atoms with Crippen LogP contribution in [0.25, 0.3) is 0 Å². The first-order valence-corrected chi connectivity index (χ1v) is 7.85. The Morgan fingerprint density at radius 3 is 2.52 bits per heavy atom. The fourth-order valence-electron chi connectivity index (χ4n) is 2.44. The van der Waals surface area contributed by atoms with Gasteiger partial charge >= 0.3 is 5.97 Å². The van der Waals surface area contributed by atoms with Crippen molar-refractivity contribution in [2.75, 3.05) is 19.7 Å². The number of thiophene rings is 1. The Bertz CT molecular complexity index is 728. The Morgan fingerprint density at radius 1 is 1.17 bits per heavy atom. The minimum absolute atomic E-state index is 0.136. The molecule has 1 aliphatic heterocycles. The van der Waals surface area contributed by atoms with Crippen molar-refractivity contribution in [2.24, 2.45) is 0 Å². The van der Waals surface area contributed by atoms with E-state index in [4.69, 9.17) is 9.84 Å². The molecule has 0 radical (unpaired) electrons. The van der Waals surface area contributed by atoms with Crippen LogP contribution in [0.3, 0.4) is 0 Å². The van der Waals surface area contributed by atoms with Crippen LogP contribution in [0.5, 0.6) is 0 Å². The van der Waals surface area contributed by atoms with Crippen LogP contribution < -0.4 is 0 Å². The Hall–Kier alpha value is -2.25. The van der Waals surface area contributed by atoms with Crippen LogP contribution in [0.4, 0.5) is 4.39 Å². The lowest BCUT2D eigenvalue weighted by Gasteiger charge is -2.33. The molecule has 1 aliphatic rings. The average Bonchev–Trinajstić information content (AvgIpc) is 3.05. The number of ether oxygens (including phenoxy) is 1. The molecule has 0 spiro atoms. The highest BCUT2D eigenvalue weighted by Crippen LogP contribution is 2.25. The summed E-state index contributed by atoms with van der Waals surface area (Å²) in [6, 6.07) is 8.95. The van der Waals surface area contributed by atoms with E-state index >= 15 is 0 Å². The summed E-state index contributed by atoms with van der Waals surface area (Å²) in [5, 5.41) is 8.94. The molecule has 1 atom stereocenters. The second-order valence-corrected chi connectivity index (χ2v) is 6.21. The zero-order valence-electron chi connectivity index (χ0n) is 12.1. The van der Waals surface area contributed by atoms with Crippen LogP contribution in [-0.2, 0) is 4.74 Å². The van der Waals surface area contributed by atoms with Crippen LogP contribution in [-0.4, -0.2) is 41.6 Å². The fourth-order valence-corrected chi connectivity index (χ4v) is 3.25. The molecule has 5 nitrogen and oxygen atoms in total. The van der Waals surface area contributed by atoms with E-state index in [1.807, 2.05) is 0 Å². The molecule has 1 amide bonds. The molecule has 1 saturated heterocycles. The summed E-state index contributed by atoms with van der Waals surface area (Å²) in [5.41, 5.74) is 0.807. The molecule has 120 valence electrons. The van der Waals surface area contributed by atoms with Gasteiger partial charge in [-0.3, -0.25) is 4.79 Å². The third-order valence-corrected chi connectivity index (χ3v) is 4.68. The largest absolute Gasteiger partial charge is 0.477 e. The Kier molecular flexibility index (Phi) is 4.40. The Labute approximate surface area is 135 Å². The zero-order chi connectivity index (χ0) is 16.4. The minimum Gasteiger partial charge on any atom is -0.477 e. The summed E-state index contributed by atoms with van der Waals surface area (Å²) in [4.78, 5) is 25.6. The van der Waals surface area contributed by atoms with Gasteiger partial charge in [-0.15, -0.1) is 11.3 Å². The van der Waals surface area contributed by atoms with Gasteiger partial charge in [-0.2, -0.15) is 0 Å². The molecular weight excluding hydrogens is 321 g/mol. The molecule has 0 unspecified atom stereocenters. The number of rotatable bonds is 3. The topological polar surface area (TPSA) is 66.8 Å². The van der Waals surface area contributed by atoms with E-state index in [0.29, 0.717) is 24.6 Å². The summed E-state index contributed by atoms with van der Waals surface area (Å²) >= 11 is 0.961. The number of benzene rings is 1. The molecule has 23 heavy (non-hydrogen) atoms. The average molecular weight is 335 g/mol. The van der Waals surface area contributed by atoms with Gasteiger partial charge in [-0.1, -0.05) is 12.1 Å². The molecule has 0 aliphatic carbocycles. The van der Waals surface area contributed by atoms with E-state index in [9.17, 15) is 14.0 Å². The first-order valence-electron chi connectivity index (χ1n) is 7.04. The maximum Gasteiger partial charge on any atom is 0.345 e. The normalized spacial score (nSPS) is 18.0. The van der Waals surface area contributed by atoms with Crippen LogP contribution in [0.2, 0.25) is 0 Å². The first kappa shape index (κ1) is 15.6. The highest BCUT2D eigenvalue weighted by Gasteiger charge is 2.27. The van der Waals surface area contributed by atoms with Crippen molar-refractivity contribution in [1.29, 1.82) is 0 Å². The molecule has 0 bridgehead atoms. The molecule has 3 rings (SSSR count). The predicted molar refractivity (Wildman–Crippen MR) is 82.3 cm³/mol. The lowest BCUT2D eigenvalue weighted by Crippen LogP contribution is -2.42. The van der Waals surface area contributed by atoms with Crippen molar-refractivity contribution >= 4 is 23.2 Å². The van der Waals surface area contributed by atoms with Crippen molar-refractivity contribution < 1.29 is 23.8 Å². The van der Waals surface area contributed by atoms with Gasteiger partial charge in [0.05, 0.1) is 18.0 Å². The quantitative estimate of drug-likeness (QED) is 0.937. The number of nitrogens with zero attached hydrogens (tertiary/aromatic N) is 1. The predicted octanol–water partition coefficient (Wildman–Crippen LogP) is 2.80. The van der Waals surface area contributed by atoms with E-state index in [1.165, 1.54) is 24.3 Å². The molecule has 1 N–H and O–H groups in total. The van der Waals surface area contributed by atoms with Crippen LogP contribution >= 0.6 is 11.3 Å². The van der Waals surface area contributed by atoms with Gasteiger partial charge in [0.25, 0.3) is 5.91 Å². The summed E-state index contributed by atoms with van der Waals surface area (Å²) < 4.78 is 18.7. The number of halogens is 1. The number of carbonyl (C=O) groups is 2. The SMILES string of the molecule is O=C(O)c1ccc(C(=O)N2CCO[C@H](c3ccc(F)cc3)C2)s1. The molecular formula is C16H14FNO4S. The monoisotopic (exact) mass is 335 g/mol. The van der Waals surface area contributed by atoms with E-state index in [1.54, 1.807) is 17.0 Å². The Balaban J connectivity index is 1.73. The number of amides is 1. The van der Waals surface area contributed by atoms with Gasteiger partial charge in [0.2, 0.25) is 0 Å². The highest BCUT2D eigenvalue weighted by molar-refractivity contribution is 7.15. The molecule has 1 aromatic carbocycles. The van der Waals surface area contributed by atoms with Crippen molar-refractivity contribution in [3.63, 3.8) is 0 Å². The maximum atomic E-state index is 13.0. The van der Waals surface area contributed by atoms with Gasteiger partial charge in [0.1, 0.15) is 16.8 Å². The summed E-state index contributed by atoms with van der Waals surface area (Å²) in [6.07, 6.45) is -0.313. The first-order chi connectivity index (χ1) is 11.0. The van der Waals surface area contributed by atoms with Crippen LogP contribution in [0.1, 0.15) is 31.0 Å².